The zero-order valence-corrected chi connectivity index (χ0v) is 25.8. The van der Waals surface area contributed by atoms with E-state index >= 15 is 0 Å². The van der Waals surface area contributed by atoms with Gasteiger partial charge in [-0.05, 0) is 49.1 Å². The molecule has 0 radical (unpaired) electrons. The maximum Gasteiger partial charge on any atom is 0.246 e. The Morgan fingerprint density at radius 2 is 1.88 bits per heavy atom. The molecular formula is C34H41ClN4O4. The van der Waals surface area contributed by atoms with E-state index in [9.17, 15) is 14.4 Å². The summed E-state index contributed by atoms with van der Waals surface area (Å²) >= 11 is 6.15. The van der Waals surface area contributed by atoms with E-state index in [1.165, 1.54) is 5.56 Å². The van der Waals surface area contributed by atoms with Gasteiger partial charge in [0.15, 0.2) is 0 Å². The number of hydrogen-bond donors (Lipinski definition) is 2. The number of rotatable bonds is 9. The van der Waals surface area contributed by atoms with Gasteiger partial charge in [-0.3, -0.25) is 14.4 Å². The smallest absolute Gasteiger partial charge is 0.246 e. The molecule has 8 atom stereocenters. The first-order valence-electron chi connectivity index (χ1n) is 15.4. The number of anilines is 1. The van der Waals surface area contributed by atoms with E-state index in [4.69, 9.17) is 16.3 Å². The lowest BCUT2D eigenvalue weighted by Crippen LogP contribution is -2.58. The first kappa shape index (κ1) is 29.9. The third kappa shape index (κ3) is 5.61. The van der Waals surface area contributed by atoms with Crippen LogP contribution in [0.25, 0.3) is 0 Å². The van der Waals surface area contributed by atoms with Gasteiger partial charge in [-0.15, -0.1) is 0 Å². The summed E-state index contributed by atoms with van der Waals surface area (Å²) in [5.41, 5.74) is 0.535. The van der Waals surface area contributed by atoms with Gasteiger partial charge in [0.25, 0.3) is 0 Å². The largest absolute Gasteiger partial charge is 0.359 e. The van der Waals surface area contributed by atoms with Crippen molar-refractivity contribution in [3.63, 3.8) is 0 Å². The molecule has 3 heterocycles. The molecule has 8 nitrogen and oxygen atoms in total. The van der Waals surface area contributed by atoms with Gasteiger partial charge in [0.05, 0.1) is 17.9 Å². The Morgan fingerprint density at radius 1 is 1.09 bits per heavy atom. The molecule has 1 aliphatic carbocycles. The summed E-state index contributed by atoms with van der Waals surface area (Å²) in [6.07, 6.45) is 6.26. The van der Waals surface area contributed by atoms with Crippen molar-refractivity contribution < 1.29 is 19.1 Å². The second-order valence-corrected chi connectivity index (χ2v) is 13.3. The Morgan fingerprint density at radius 3 is 2.65 bits per heavy atom. The lowest BCUT2D eigenvalue weighted by molar-refractivity contribution is -0.141. The van der Waals surface area contributed by atoms with Gasteiger partial charge in [0, 0.05) is 36.4 Å². The number of carbonyl (C=O) groups excluding carboxylic acids is 3. The fourth-order valence-electron chi connectivity index (χ4n) is 7.60. The summed E-state index contributed by atoms with van der Waals surface area (Å²) in [6.45, 7) is 6.06. The van der Waals surface area contributed by atoms with E-state index in [-0.39, 0.29) is 23.8 Å². The zero-order valence-electron chi connectivity index (χ0n) is 25.0. The predicted molar refractivity (Wildman–Crippen MR) is 166 cm³/mol. The molecule has 3 fully saturated rings. The SMILES string of the molecule is C[C@H]1[C@H](C)CCC[C@@H]1NC(=O)[C@@H]1N(CCN(C)Cc2ccccc2)C(=O)[C@H]2[C@@H](C(=O)Nc3cccc(Cl)c3)[C@H]3C=C[C@@]12O3. The fourth-order valence-corrected chi connectivity index (χ4v) is 7.79. The fraction of sp³-hybridized carbons (Fsp3) is 0.500. The molecule has 1 saturated carbocycles. The van der Waals surface area contributed by atoms with Crippen molar-refractivity contribution in [2.24, 2.45) is 23.7 Å². The van der Waals surface area contributed by atoms with Crippen LogP contribution in [0.5, 0.6) is 0 Å². The molecule has 1 spiro atoms. The van der Waals surface area contributed by atoms with Crippen molar-refractivity contribution in [3.8, 4) is 0 Å². The van der Waals surface area contributed by atoms with Crippen LogP contribution in [-0.4, -0.2) is 71.4 Å². The van der Waals surface area contributed by atoms with Gasteiger partial charge in [0.1, 0.15) is 11.6 Å². The number of hydrogen-bond acceptors (Lipinski definition) is 5. The average Bonchev–Trinajstić information content (AvgIpc) is 3.62. The molecule has 4 aliphatic rings. The highest BCUT2D eigenvalue weighted by molar-refractivity contribution is 6.30. The molecule has 2 aromatic rings. The number of benzene rings is 2. The Balaban J connectivity index is 1.26. The summed E-state index contributed by atoms with van der Waals surface area (Å²) in [7, 11) is 2.01. The van der Waals surface area contributed by atoms with Crippen LogP contribution in [0, 0.1) is 23.7 Å². The number of ether oxygens (including phenoxy) is 1. The highest BCUT2D eigenvalue weighted by atomic mass is 35.5. The van der Waals surface area contributed by atoms with Gasteiger partial charge in [-0.1, -0.05) is 86.8 Å². The molecule has 2 saturated heterocycles. The number of halogens is 1. The Bertz CT molecular complexity index is 1400. The molecule has 2 N–H and O–H groups in total. The molecule has 2 bridgehead atoms. The van der Waals surface area contributed by atoms with Crippen LogP contribution in [0.2, 0.25) is 5.02 Å². The van der Waals surface area contributed by atoms with Gasteiger partial charge < -0.3 is 25.2 Å². The first-order chi connectivity index (χ1) is 20.7. The molecule has 9 heteroatoms. The number of amides is 3. The summed E-state index contributed by atoms with van der Waals surface area (Å²) in [6, 6.07) is 16.3. The van der Waals surface area contributed by atoms with Gasteiger partial charge in [-0.25, -0.2) is 0 Å². The van der Waals surface area contributed by atoms with Crippen LogP contribution < -0.4 is 10.6 Å². The quantitative estimate of drug-likeness (QED) is 0.411. The minimum absolute atomic E-state index is 0.0360. The normalized spacial score (nSPS) is 32.7. The van der Waals surface area contributed by atoms with Crippen molar-refractivity contribution >= 4 is 35.0 Å². The lowest BCUT2D eigenvalue weighted by Gasteiger charge is -2.38. The molecule has 6 rings (SSSR count). The number of carbonyl (C=O) groups is 3. The van der Waals surface area contributed by atoms with E-state index in [0.29, 0.717) is 35.6 Å². The standard InChI is InChI=1S/C34H41ClN4O4/c1-21-9-7-14-26(22(21)2)37-32(41)30-34-16-15-27(43-34)28(31(40)36-25-13-8-12-24(35)19-25)29(34)33(42)39(30)18-17-38(3)20-23-10-5-4-6-11-23/h4-6,8,10-13,15-16,19,21-22,26-30H,7,9,14,17-18,20H2,1-3H3,(H,36,40)(H,37,41)/t21-,22+,26+,27-,28+,29-,30+,34+/m1/s1. The van der Waals surface area contributed by atoms with Crippen molar-refractivity contribution in [2.45, 2.75) is 63.4 Å². The average molecular weight is 605 g/mol. The third-order valence-corrected chi connectivity index (χ3v) is 10.3. The van der Waals surface area contributed by atoms with Gasteiger partial charge in [0.2, 0.25) is 17.7 Å². The number of fused-ring (bicyclic) bond motifs is 1. The van der Waals surface area contributed by atoms with E-state index in [2.05, 4.69) is 41.5 Å². The van der Waals surface area contributed by atoms with E-state index in [1.807, 2.05) is 37.4 Å². The molecule has 0 aromatic heterocycles. The minimum atomic E-state index is -1.19. The summed E-state index contributed by atoms with van der Waals surface area (Å²) < 4.78 is 6.52. The van der Waals surface area contributed by atoms with E-state index in [0.717, 1.165) is 25.8 Å². The van der Waals surface area contributed by atoms with Crippen molar-refractivity contribution in [3.05, 3.63) is 77.3 Å². The number of nitrogens with zero attached hydrogens (tertiary/aromatic N) is 2. The number of likely N-dealkylation sites (N-methyl/N-ethyl adjacent to an activating group) is 1. The van der Waals surface area contributed by atoms with E-state index in [1.54, 1.807) is 29.2 Å². The first-order valence-corrected chi connectivity index (χ1v) is 15.8. The maximum absolute atomic E-state index is 14.3. The molecule has 0 unspecified atom stereocenters. The second kappa shape index (κ2) is 12.1. The van der Waals surface area contributed by atoms with Crippen LogP contribution in [0.15, 0.2) is 66.7 Å². The number of likely N-dealkylation sites (tertiary alicyclic amines) is 1. The monoisotopic (exact) mass is 604 g/mol. The predicted octanol–water partition coefficient (Wildman–Crippen LogP) is 4.50. The molecule has 3 amide bonds. The van der Waals surface area contributed by atoms with Crippen molar-refractivity contribution in [1.29, 1.82) is 0 Å². The molecule has 43 heavy (non-hydrogen) atoms. The van der Waals surface area contributed by atoms with Crippen LogP contribution in [-0.2, 0) is 25.7 Å². The summed E-state index contributed by atoms with van der Waals surface area (Å²) in [5, 5.41) is 6.76. The molecule has 228 valence electrons. The number of nitrogens with one attached hydrogen (secondary N) is 2. The molecular weight excluding hydrogens is 564 g/mol. The zero-order chi connectivity index (χ0) is 30.3. The van der Waals surface area contributed by atoms with Crippen LogP contribution in [0.1, 0.15) is 38.7 Å². The van der Waals surface area contributed by atoms with Crippen LogP contribution in [0.4, 0.5) is 5.69 Å². The maximum atomic E-state index is 14.3. The Hall–Kier alpha value is -3.20. The van der Waals surface area contributed by atoms with Gasteiger partial charge >= 0.3 is 0 Å². The second-order valence-electron chi connectivity index (χ2n) is 12.8. The Kier molecular flexibility index (Phi) is 8.37. The van der Waals surface area contributed by atoms with Crippen LogP contribution >= 0.6 is 11.6 Å². The summed E-state index contributed by atoms with van der Waals surface area (Å²) in [4.78, 5) is 46.1. The third-order valence-electron chi connectivity index (χ3n) is 10.1. The van der Waals surface area contributed by atoms with Gasteiger partial charge in [-0.2, -0.15) is 0 Å². The molecule has 2 aromatic carbocycles. The topological polar surface area (TPSA) is 91.0 Å². The van der Waals surface area contributed by atoms with E-state index < -0.39 is 29.6 Å². The van der Waals surface area contributed by atoms with Crippen LogP contribution in [0.3, 0.4) is 0 Å². The van der Waals surface area contributed by atoms with Crippen molar-refractivity contribution in [1.82, 2.24) is 15.1 Å². The Labute approximate surface area is 258 Å². The minimum Gasteiger partial charge on any atom is -0.359 e. The molecule has 3 aliphatic heterocycles. The highest BCUT2D eigenvalue weighted by Crippen LogP contribution is 2.55. The van der Waals surface area contributed by atoms with Crippen molar-refractivity contribution in [2.75, 3.05) is 25.5 Å². The highest BCUT2D eigenvalue weighted by Gasteiger charge is 2.72. The lowest BCUT2D eigenvalue weighted by atomic mass is 9.73. The summed E-state index contributed by atoms with van der Waals surface area (Å²) in [5.74, 6) is -1.43.